The normalized spacial score (nSPS) is 17.3. The lowest BCUT2D eigenvalue weighted by atomic mass is 10.0. The number of fused-ring (bicyclic) bond motifs is 1. The summed E-state index contributed by atoms with van der Waals surface area (Å²) in [5, 5.41) is 1.13. The van der Waals surface area contributed by atoms with Crippen LogP contribution in [-0.2, 0) is 6.61 Å². The van der Waals surface area contributed by atoms with Crippen molar-refractivity contribution < 1.29 is 4.74 Å². The van der Waals surface area contributed by atoms with Gasteiger partial charge in [-0.3, -0.25) is 0 Å². The summed E-state index contributed by atoms with van der Waals surface area (Å²) in [4.78, 5) is 7.40. The summed E-state index contributed by atoms with van der Waals surface area (Å²) in [6.07, 6.45) is 2.56. The molecule has 1 saturated heterocycles. The minimum atomic E-state index is 0.569. The van der Waals surface area contributed by atoms with Gasteiger partial charge in [0.15, 0.2) is 0 Å². The molecule has 2 aromatic carbocycles. The Labute approximate surface area is 162 Å². The summed E-state index contributed by atoms with van der Waals surface area (Å²) in [6.45, 7) is 9.33. The van der Waals surface area contributed by atoms with E-state index >= 15 is 0 Å². The standard InChI is InChI=1S/C24H28N2O/c1-17-9-10-19(3)21(14-17)16-27-22-8-4-7-20-11-12-23(25-24(20)22)26-13-5-6-18(2)15-26/h4,7-12,14,18H,5-6,13,15-16H2,1-3H3/t18-/m0/s1. The highest BCUT2D eigenvalue weighted by Crippen LogP contribution is 2.29. The van der Waals surface area contributed by atoms with Crippen LogP contribution >= 0.6 is 0 Å². The zero-order valence-electron chi connectivity index (χ0n) is 16.5. The summed E-state index contributed by atoms with van der Waals surface area (Å²) >= 11 is 0. The summed E-state index contributed by atoms with van der Waals surface area (Å²) < 4.78 is 6.22. The molecule has 1 aliphatic rings. The highest BCUT2D eigenvalue weighted by molar-refractivity contribution is 5.86. The van der Waals surface area contributed by atoms with Crippen LogP contribution in [0.15, 0.2) is 48.5 Å². The van der Waals surface area contributed by atoms with Gasteiger partial charge >= 0.3 is 0 Å². The molecule has 27 heavy (non-hydrogen) atoms. The molecule has 3 nitrogen and oxygen atoms in total. The number of nitrogens with zero attached hydrogens (tertiary/aromatic N) is 2. The van der Waals surface area contributed by atoms with Gasteiger partial charge in [0.2, 0.25) is 0 Å². The molecule has 0 saturated carbocycles. The van der Waals surface area contributed by atoms with Gasteiger partial charge in [-0.25, -0.2) is 4.98 Å². The predicted molar refractivity (Wildman–Crippen MR) is 113 cm³/mol. The smallest absolute Gasteiger partial charge is 0.146 e. The Morgan fingerprint density at radius 1 is 1.11 bits per heavy atom. The number of hydrogen-bond donors (Lipinski definition) is 0. The molecule has 1 aromatic heterocycles. The number of pyridine rings is 1. The second-order valence-electron chi connectivity index (χ2n) is 7.91. The van der Waals surface area contributed by atoms with Gasteiger partial charge in [0.05, 0.1) is 0 Å². The van der Waals surface area contributed by atoms with E-state index in [0.717, 1.165) is 41.5 Å². The zero-order valence-corrected chi connectivity index (χ0v) is 16.5. The fraction of sp³-hybridized carbons (Fsp3) is 0.375. The van der Waals surface area contributed by atoms with E-state index in [1.165, 1.54) is 29.5 Å². The number of piperidine rings is 1. The number of anilines is 1. The molecule has 140 valence electrons. The van der Waals surface area contributed by atoms with E-state index in [1.807, 2.05) is 12.1 Å². The Morgan fingerprint density at radius 3 is 2.85 bits per heavy atom. The molecule has 0 bridgehead atoms. The van der Waals surface area contributed by atoms with Crippen molar-refractivity contribution in [1.82, 2.24) is 4.98 Å². The van der Waals surface area contributed by atoms with Crippen LogP contribution in [0.2, 0.25) is 0 Å². The Kier molecular flexibility index (Phi) is 5.02. The third kappa shape index (κ3) is 3.92. The van der Waals surface area contributed by atoms with E-state index in [2.05, 4.69) is 62.1 Å². The molecule has 0 unspecified atom stereocenters. The lowest BCUT2D eigenvalue weighted by Gasteiger charge is -2.32. The second-order valence-corrected chi connectivity index (χ2v) is 7.91. The van der Waals surface area contributed by atoms with Crippen LogP contribution in [0.25, 0.3) is 10.9 Å². The van der Waals surface area contributed by atoms with E-state index in [9.17, 15) is 0 Å². The molecule has 0 N–H and O–H groups in total. The van der Waals surface area contributed by atoms with Crippen LogP contribution in [-0.4, -0.2) is 18.1 Å². The molecule has 3 heteroatoms. The SMILES string of the molecule is Cc1ccc(C)c(COc2cccc3ccc(N4CCC[C@H](C)C4)nc23)c1. The first-order chi connectivity index (χ1) is 13.1. The third-order valence-electron chi connectivity index (χ3n) is 5.54. The fourth-order valence-electron chi connectivity index (χ4n) is 3.91. The van der Waals surface area contributed by atoms with Gasteiger partial charge in [0, 0.05) is 18.5 Å². The van der Waals surface area contributed by atoms with Crippen molar-refractivity contribution in [1.29, 1.82) is 0 Å². The highest BCUT2D eigenvalue weighted by atomic mass is 16.5. The minimum absolute atomic E-state index is 0.569. The molecular formula is C24H28N2O. The highest BCUT2D eigenvalue weighted by Gasteiger charge is 2.18. The van der Waals surface area contributed by atoms with Crippen molar-refractivity contribution in [2.45, 2.75) is 40.2 Å². The Morgan fingerprint density at radius 2 is 2.00 bits per heavy atom. The average Bonchev–Trinajstić information content (AvgIpc) is 2.68. The molecule has 0 radical (unpaired) electrons. The number of ether oxygens (including phenoxy) is 1. The van der Waals surface area contributed by atoms with Crippen LogP contribution in [0, 0.1) is 19.8 Å². The maximum atomic E-state index is 6.22. The van der Waals surface area contributed by atoms with Gasteiger partial charge in [-0.2, -0.15) is 0 Å². The Bertz CT molecular complexity index is 950. The molecule has 0 amide bonds. The second kappa shape index (κ2) is 7.59. The van der Waals surface area contributed by atoms with Crippen LogP contribution in [0.4, 0.5) is 5.82 Å². The van der Waals surface area contributed by atoms with Gasteiger partial charge < -0.3 is 9.64 Å². The van der Waals surface area contributed by atoms with E-state index in [4.69, 9.17) is 9.72 Å². The lowest BCUT2D eigenvalue weighted by molar-refractivity contribution is 0.308. The summed E-state index contributed by atoms with van der Waals surface area (Å²) in [5.41, 5.74) is 4.71. The van der Waals surface area contributed by atoms with E-state index in [0.29, 0.717) is 6.61 Å². The molecule has 1 atom stereocenters. The molecular weight excluding hydrogens is 332 g/mol. The average molecular weight is 361 g/mol. The lowest BCUT2D eigenvalue weighted by Crippen LogP contribution is -2.34. The molecule has 2 heterocycles. The van der Waals surface area contributed by atoms with Crippen molar-refractivity contribution in [3.8, 4) is 5.75 Å². The quantitative estimate of drug-likeness (QED) is 0.600. The summed E-state index contributed by atoms with van der Waals surface area (Å²) in [5.74, 6) is 2.66. The Hall–Kier alpha value is -2.55. The van der Waals surface area contributed by atoms with Gasteiger partial charge in [-0.15, -0.1) is 0 Å². The number of hydrogen-bond acceptors (Lipinski definition) is 3. The molecule has 4 rings (SSSR count). The van der Waals surface area contributed by atoms with Crippen LogP contribution in [0.1, 0.15) is 36.5 Å². The molecule has 1 aliphatic heterocycles. The van der Waals surface area contributed by atoms with Gasteiger partial charge in [-0.1, -0.05) is 42.8 Å². The van der Waals surface area contributed by atoms with Crippen LogP contribution < -0.4 is 9.64 Å². The monoisotopic (exact) mass is 360 g/mol. The Balaban J connectivity index is 1.62. The number of para-hydroxylation sites is 1. The first-order valence-corrected chi connectivity index (χ1v) is 9.94. The largest absolute Gasteiger partial charge is 0.487 e. The van der Waals surface area contributed by atoms with Crippen molar-refractivity contribution in [3.63, 3.8) is 0 Å². The number of benzene rings is 2. The van der Waals surface area contributed by atoms with Crippen LogP contribution in [0.5, 0.6) is 5.75 Å². The van der Waals surface area contributed by atoms with Gasteiger partial charge in [-0.05, 0) is 61.9 Å². The number of aromatic nitrogens is 1. The van der Waals surface area contributed by atoms with E-state index in [-0.39, 0.29) is 0 Å². The maximum absolute atomic E-state index is 6.22. The topological polar surface area (TPSA) is 25.4 Å². The van der Waals surface area contributed by atoms with Crippen molar-refractivity contribution in [3.05, 3.63) is 65.2 Å². The molecule has 0 aliphatic carbocycles. The van der Waals surface area contributed by atoms with E-state index < -0.39 is 0 Å². The minimum Gasteiger partial charge on any atom is -0.487 e. The first kappa shape index (κ1) is 17.8. The van der Waals surface area contributed by atoms with E-state index in [1.54, 1.807) is 0 Å². The van der Waals surface area contributed by atoms with Crippen molar-refractivity contribution in [2.24, 2.45) is 5.92 Å². The molecule has 1 fully saturated rings. The molecule has 3 aromatic rings. The zero-order chi connectivity index (χ0) is 18.8. The summed E-state index contributed by atoms with van der Waals surface area (Å²) in [7, 11) is 0. The van der Waals surface area contributed by atoms with Crippen molar-refractivity contribution in [2.75, 3.05) is 18.0 Å². The van der Waals surface area contributed by atoms with Gasteiger partial charge in [0.1, 0.15) is 23.7 Å². The predicted octanol–water partition coefficient (Wildman–Crippen LogP) is 5.67. The summed E-state index contributed by atoms with van der Waals surface area (Å²) in [6, 6.07) is 17.0. The van der Waals surface area contributed by atoms with Crippen molar-refractivity contribution >= 4 is 16.7 Å². The fourth-order valence-corrected chi connectivity index (χ4v) is 3.91. The third-order valence-corrected chi connectivity index (χ3v) is 5.54. The maximum Gasteiger partial charge on any atom is 0.146 e. The molecule has 0 spiro atoms. The first-order valence-electron chi connectivity index (χ1n) is 9.94. The van der Waals surface area contributed by atoms with Gasteiger partial charge in [0.25, 0.3) is 0 Å². The number of rotatable bonds is 4. The number of aryl methyl sites for hydroxylation is 2. The van der Waals surface area contributed by atoms with Crippen LogP contribution in [0.3, 0.4) is 0 Å².